The Morgan fingerprint density at radius 2 is 1.86 bits per heavy atom. The summed E-state index contributed by atoms with van der Waals surface area (Å²) in [5.74, 6) is -4.50. The highest BCUT2D eigenvalue weighted by Crippen LogP contribution is 2.50. The van der Waals surface area contributed by atoms with Gasteiger partial charge in [0.1, 0.15) is 11.5 Å². The molecule has 8 heteroatoms. The first-order valence-electron chi connectivity index (χ1n) is 11.3. The van der Waals surface area contributed by atoms with E-state index < -0.39 is 23.1 Å². The summed E-state index contributed by atoms with van der Waals surface area (Å²) in [4.78, 5) is 29.5. The quantitative estimate of drug-likeness (QED) is 0.410. The Kier molecular flexibility index (Phi) is 6.40. The first-order valence-corrected chi connectivity index (χ1v) is 11.3. The van der Waals surface area contributed by atoms with Gasteiger partial charge in [0.05, 0.1) is 18.1 Å². The number of carbonyl (C=O) groups excluding carboxylic acids is 2. The highest BCUT2D eigenvalue weighted by molar-refractivity contribution is 6.04. The fraction of sp³-hybridized carbons (Fsp3) is 0.296. The molecule has 0 radical (unpaired) electrons. The zero-order valence-corrected chi connectivity index (χ0v) is 19.6. The number of rotatable bonds is 7. The summed E-state index contributed by atoms with van der Waals surface area (Å²) in [6.07, 6.45) is 1.93. The molecule has 0 aliphatic heterocycles. The zero-order chi connectivity index (χ0) is 25.4. The first-order chi connectivity index (χ1) is 16.6. The number of halogens is 3. The summed E-state index contributed by atoms with van der Waals surface area (Å²) in [5.41, 5.74) is 1.13. The fourth-order valence-electron chi connectivity index (χ4n) is 4.11. The maximum absolute atomic E-state index is 14.6. The normalized spacial score (nSPS) is 14.3. The first kappa shape index (κ1) is 24.4. The zero-order valence-electron chi connectivity index (χ0n) is 19.6. The summed E-state index contributed by atoms with van der Waals surface area (Å²) >= 11 is 0. The number of aryl methyl sites for hydroxylation is 1. The fourth-order valence-corrected chi connectivity index (χ4v) is 4.11. The number of carbonyl (C=O) groups is 2. The van der Waals surface area contributed by atoms with Crippen LogP contribution in [-0.2, 0) is 20.9 Å². The van der Waals surface area contributed by atoms with E-state index in [1.165, 1.54) is 44.5 Å². The summed E-state index contributed by atoms with van der Waals surface area (Å²) in [6.45, 7) is 3.15. The molecule has 0 spiro atoms. The molecule has 0 unspecified atom stereocenters. The molecule has 1 fully saturated rings. The van der Waals surface area contributed by atoms with Crippen LogP contribution in [0.2, 0.25) is 0 Å². The number of esters is 1. The van der Waals surface area contributed by atoms with Gasteiger partial charge in [-0.3, -0.25) is 9.78 Å². The molecule has 1 aromatic heterocycles. The van der Waals surface area contributed by atoms with Gasteiger partial charge in [0.15, 0.2) is 0 Å². The Morgan fingerprint density at radius 3 is 2.43 bits per heavy atom. The van der Waals surface area contributed by atoms with Gasteiger partial charge in [-0.25, -0.2) is 9.18 Å². The highest BCUT2D eigenvalue weighted by Gasteiger charge is 2.52. The highest BCUT2D eigenvalue weighted by atomic mass is 19.3. The van der Waals surface area contributed by atoms with Crippen molar-refractivity contribution in [1.29, 1.82) is 0 Å². The van der Waals surface area contributed by atoms with Crippen molar-refractivity contribution in [2.45, 2.75) is 44.4 Å². The van der Waals surface area contributed by atoms with Crippen LogP contribution in [0.5, 0.6) is 0 Å². The van der Waals surface area contributed by atoms with Crippen molar-refractivity contribution in [3.8, 4) is 11.1 Å². The van der Waals surface area contributed by atoms with Crippen LogP contribution in [-0.4, -0.2) is 24.0 Å². The smallest absolute Gasteiger partial charge is 0.338 e. The van der Waals surface area contributed by atoms with Gasteiger partial charge in [0.2, 0.25) is 5.91 Å². The molecule has 182 valence electrons. The largest absolute Gasteiger partial charge is 0.465 e. The van der Waals surface area contributed by atoms with E-state index in [-0.39, 0.29) is 23.6 Å². The van der Waals surface area contributed by atoms with Crippen LogP contribution in [0.4, 0.5) is 18.9 Å². The van der Waals surface area contributed by atoms with Crippen LogP contribution < -0.4 is 5.32 Å². The molecule has 1 N–H and O–H groups in total. The molecule has 4 rings (SSSR count). The second kappa shape index (κ2) is 9.17. The number of benzene rings is 2. The summed E-state index contributed by atoms with van der Waals surface area (Å²) in [5, 5.41) is 2.79. The van der Waals surface area contributed by atoms with Gasteiger partial charge in [0, 0.05) is 29.4 Å². The van der Waals surface area contributed by atoms with Crippen molar-refractivity contribution < 1.29 is 27.5 Å². The predicted octanol–water partition coefficient (Wildman–Crippen LogP) is 6.15. The van der Waals surface area contributed by atoms with E-state index in [0.29, 0.717) is 35.2 Å². The minimum atomic E-state index is -3.05. The van der Waals surface area contributed by atoms with Crippen molar-refractivity contribution in [3.05, 3.63) is 82.9 Å². The Labute approximate surface area is 201 Å². The van der Waals surface area contributed by atoms with Crippen LogP contribution in [0.15, 0.2) is 54.7 Å². The Morgan fingerprint density at radius 1 is 1.11 bits per heavy atom. The molecule has 2 aromatic carbocycles. The third-order valence-electron chi connectivity index (χ3n) is 6.40. The molecular formula is C27H25F3N2O3. The molecule has 0 atom stereocenters. The molecule has 35 heavy (non-hydrogen) atoms. The lowest BCUT2D eigenvalue weighted by Gasteiger charge is -2.18. The van der Waals surface area contributed by atoms with E-state index in [1.807, 2.05) is 0 Å². The number of aromatic nitrogens is 1. The molecule has 1 amide bonds. The summed E-state index contributed by atoms with van der Waals surface area (Å²) < 4.78 is 47.3. The lowest BCUT2D eigenvalue weighted by molar-refractivity contribution is -0.118. The van der Waals surface area contributed by atoms with E-state index >= 15 is 0 Å². The average molecular weight is 483 g/mol. The second-order valence-electron chi connectivity index (χ2n) is 8.76. The third-order valence-corrected chi connectivity index (χ3v) is 6.40. The number of nitrogens with one attached hydrogen (secondary N) is 1. The van der Waals surface area contributed by atoms with Crippen LogP contribution in [0.25, 0.3) is 11.1 Å². The SMILES string of the molecule is CCC(F)(F)c1ccc(-c2ccc(NC(=O)C3(c4ccc(C)cc4F)CC3)cc2C(=O)OC)cn1. The van der Waals surface area contributed by atoms with Crippen molar-refractivity contribution in [3.63, 3.8) is 0 Å². The van der Waals surface area contributed by atoms with Crippen molar-refractivity contribution in [2.24, 2.45) is 0 Å². The van der Waals surface area contributed by atoms with Crippen molar-refractivity contribution in [1.82, 2.24) is 4.98 Å². The molecular weight excluding hydrogens is 457 g/mol. The molecule has 0 bridgehead atoms. The monoisotopic (exact) mass is 482 g/mol. The summed E-state index contributed by atoms with van der Waals surface area (Å²) in [6, 6.07) is 12.1. The lowest BCUT2D eigenvalue weighted by atomic mass is 9.93. The number of alkyl halides is 2. The van der Waals surface area contributed by atoms with Gasteiger partial charge in [-0.1, -0.05) is 31.2 Å². The van der Waals surface area contributed by atoms with E-state index in [2.05, 4.69) is 10.3 Å². The lowest BCUT2D eigenvalue weighted by Crippen LogP contribution is -2.29. The topological polar surface area (TPSA) is 68.3 Å². The number of ether oxygens (including phenoxy) is 1. The number of amides is 1. The van der Waals surface area contributed by atoms with Gasteiger partial charge >= 0.3 is 5.97 Å². The van der Waals surface area contributed by atoms with E-state index in [0.717, 1.165) is 5.56 Å². The van der Waals surface area contributed by atoms with E-state index in [9.17, 15) is 22.8 Å². The van der Waals surface area contributed by atoms with Crippen LogP contribution in [0.1, 0.15) is 53.4 Å². The third kappa shape index (κ3) is 4.65. The van der Waals surface area contributed by atoms with Crippen molar-refractivity contribution in [2.75, 3.05) is 12.4 Å². The minimum Gasteiger partial charge on any atom is -0.465 e. The average Bonchev–Trinajstić information content (AvgIpc) is 3.65. The molecule has 5 nitrogen and oxygen atoms in total. The number of nitrogens with zero attached hydrogens (tertiary/aromatic N) is 1. The Hall–Kier alpha value is -3.68. The maximum atomic E-state index is 14.6. The Bertz CT molecular complexity index is 1290. The summed E-state index contributed by atoms with van der Waals surface area (Å²) in [7, 11) is 1.22. The molecule has 3 aromatic rings. The number of hydrogen-bond acceptors (Lipinski definition) is 4. The molecule has 1 saturated carbocycles. The van der Waals surface area contributed by atoms with Gasteiger partial charge in [-0.2, -0.15) is 8.78 Å². The number of methoxy groups -OCH3 is 1. The van der Waals surface area contributed by atoms with Crippen molar-refractivity contribution >= 4 is 17.6 Å². The standard InChI is InChI=1S/C27H25F3N2O3/c1-4-27(29,30)23-10-6-17(15-31-23)19-8-7-18(14-20(19)24(33)35-3)32-25(34)26(11-12-26)21-9-5-16(2)13-22(21)28/h5-10,13-15H,4,11-12H2,1-3H3,(H,32,34). The van der Waals surface area contributed by atoms with Gasteiger partial charge in [-0.15, -0.1) is 0 Å². The molecule has 1 aliphatic carbocycles. The van der Waals surface area contributed by atoms with Gasteiger partial charge in [0.25, 0.3) is 5.92 Å². The maximum Gasteiger partial charge on any atom is 0.338 e. The molecule has 0 saturated heterocycles. The molecule has 1 heterocycles. The van der Waals surface area contributed by atoms with Crippen LogP contribution >= 0.6 is 0 Å². The number of pyridine rings is 1. The van der Waals surface area contributed by atoms with E-state index in [4.69, 9.17) is 4.74 Å². The van der Waals surface area contributed by atoms with Gasteiger partial charge < -0.3 is 10.1 Å². The second-order valence-corrected chi connectivity index (χ2v) is 8.76. The Balaban J connectivity index is 1.63. The number of anilines is 1. The van der Waals surface area contributed by atoms with Gasteiger partial charge in [-0.05, 0) is 55.2 Å². The molecule has 1 aliphatic rings. The van der Waals surface area contributed by atoms with Crippen LogP contribution in [0.3, 0.4) is 0 Å². The van der Waals surface area contributed by atoms with E-state index in [1.54, 1.807) is 31.2 Å². The minimum absolute atomic E-state index is 0.133. The van der Waals surface area contributed by atoms with Crippen LogP contribution in [0, 0.1) is 12.7 Å². The number of hydrogen-bond donors (Lipinski definition) is 1. The predicted molar refractivity (Wildman–Crippen MR) is 126 cm³/mol.